The molecule has 2 rings (SSSR count). The van der Waals surface area contributed by atoms with Gasteiger partial charge < -0.3 is 5.11 Å². The molecule has 1 N–H and O–H groups in total. The zero-order chi connectivity index (χ0) is 13.3. The first kappa shape index (κ1) is 12.5. The average molecular weight is 267 g/mol. The van der Waals surface area contributed by atoms with E-state index in [1.807, 2.05) is 13.8 Å². The molecule has 0 fully saturated rings. The van der Waals surface area contributed by atoms with Crippen LogP contribution in [0.1, 0.15) is 35.9 Å². The third-order valence-electron chi connectivity index (χ3n) is 2.43. The molecule has 0 bridgehead atoms. The van der Waals surface area contributed by atoms with Crippen LogP contribution in [-0.4, -0.2) is 31.3 Å². The van der Waals surface area contributed by atoms with Crippen molar-refractivity contribution in [2.24, 2.45) is 0 Å². The monoisotopic (exact) mass is 266 g/mol. The van der Waals surface area contributed by atoms with Crippen molar-refractivity contribution in [3.05, 3.63) is 34.6 Å². The summed E-state index contributed by atoms with van der Waals surface area (Å²) >= 11 is 5.80. The fourth-order valence-electron chi connectivity index (χ4n) is 1.59. The molecule has 94 valence electrons. The van der Waals surface area contributed by atoms with Gasteiger partial charge in [0.25, 0.3) is 0 Å². The predicted molar refractivity (Wildman–Crippen MR) is 65.2 cm³/mol. The average Bonchev–Trinajstić information content (AvgIpc) is 2.77. The van der Waals surface area contributed by atoms with Crippen molar-refractivity contribution >= 4 is 17.6 Å². The fraction of sp³-hybridized carbons (Fsp3) is 0.273. The van der Waals surface area contributed by atoms with Gasteiger partial charge in [0.1, 0.15) is 0 Å². The topological polar surface area (TPSA) is 80.9 Å². The summed E-state index contributed by atoms with van der Waals surface area (Å²) in [6, 6.07) is 4.58. The normalized spacial score (nSPS) is 10.9. The van der Waals surface area contributed by atoms with E-state index in [4.69, 9.17) is 11.6 Å². The second-order valence-corrected chi connectivity index (χ2v) is 4.51. The quantitative estimate of drug-likeness (QED) is 0.920. The van der Waals surface area contributed by atoms with Gasteiger partial charge in [-0.05, 0) is 28.6 Å². The Labute approximate surface area is 108 Å². The molecule has 2 aromatic rings. The highest BCUT2D eigenvalue weighted by Crippen LogP contribution is 2.22. The number of rotatable bonds is 3. The Kier molecular flexibility index (Phi) is 3.29. The SMILES string of the molecule is CC(C)c1nnnn1-c1ccc(Cl)cc1C(=O)O. The number of carboxylic acid groups (broad SMARTS) is 1. The van der Waals surface area contributed by atoms with Crippen molar-refractivity contribution in [1.82, 2.24) is 20.2 Å². The molecule has 0 aliphatic carbocycles. The standard InChI is InChI=1S/C11H11ClN4O2/c1-6(2)10-13-14-15-16(10)9-4-3-7(12)5-8(9)11(17)18/h3-6H,1-2H3,(H,17,18). The molecule has 0 saturated heterocycles. The zero-order valence-corrected chi connectivity index (χ0v) is 10.6. The molecule has 0 aliphatic heterocycles. The highest BCUT2D eigenvalue weighted by molar-refractivity contribution is 6.31. The van der Waals surface area contributed by atoms with Gasteiger partial charge in [-0.3, -0.25) is 0 Å². The minimum Gasteiger partial charge on any atom is -0.478 e. The summed E-state index contributed by atoms with van der Waals surface area (Å²) in [5.41, 5.74) is 0.470. The van der Waals surface area contributed by atoms with Crippen LogP contribution >= 0.6 is 11.6 Å². The lowest BCUT2D eigenvalue weighted by atomic mass is 10.1. The van der Waals surface area contributed by atoms with Crippen molar-refractivity contribution < 1.29 is 9.90 Å². The summed E-state index contributed by atoms with van der Waals surface area (Å²) in [6.07, 6.45) is 0. The smallest absolute Gasteiger partial charge is 0.337 e. The van der Waals surface area contributed by atoms with Crippen molar-refractivity contribution in [3.8, 4) is 5.69 Å². The molecule has 0 atom stereocenters. The van der Waals surface area contributed by atoms with Gasteiger partial charge >= 0.3 is 5.97 Å². The third-order valence-corrected chi connectivity index (χ3v) is 2.66. The maximum Gasteiger partial charge on any atom is 0.337 e. The Morgan fingerprint density at radius 3 is 2.78 bits per heavy atom. The molecule has 7 heteroatoms. The number of hydrogen-bond donors (Lipinski definition) is 1. The third kappa shape index (κ3) is 2.19. The van der Waals surface area contributed by atoms with Crippen molar-refractivity contribution in [3.63, 3.8) is 0 Å². The minimum absolute atomic E-state index is 0.0664. The molecule has 1 aromatic carbocycles. The Morgan fingerprint density at radius 2 is 2.17 bits per heavy atom. The van der Waals surface area contributed by atoms with Crippen molar-refractivity contribution in [1.29, 1.82) is 0 Å². The molecule has 0 spiro atoms. The number of aromatic nitrogens is 4. The lowest BCUT2D eigenvalue weighted by Gasteiger charge is -2.09. The summed E-state index contributed by atoms with van der Waals surface area (Å²) < 4.78 is 1.42. The number of halogens is 1. The fourth-order valence-corrected chi connectivity index (χ4v) is 1.76. The van der Waals surface area contributed by atoms with Gasteiger partial charge in [-0.25, -0.2) is 4.79 Å². The Hall–Kier alpha value is -1.95. The number of tetrazole rings is 1. The number of aromatic carboxylic acids is 1. The molecule has 0 amide bonds. The molecule has 0 saturated carbocycles. The van der Waals surface area contributed by atoms with E-state index in [1.165, 1.54) is 10.7 Å². The van der Waals surface area contributed by atoms with Gasteiger partial charge in [0.2, 0.25) is 0 Å². The predicted octanol–water partition coefficient (Wildman–Crippen LogP) is 2.14. The van der Waals surface area contributed by atoms with Crippen molar-refractivity contribution in [2.45, 2.75) is 19.8 Å². The van der Waals surface area contributed by atoms with Gasteiger partial charge in [0, 0.05) is 10.9 Å². The number of carboxylic acids is 1. The number of carbonyl (C=O) groups is 1. The lowest BCUT2D eigenvalue weighted by Crippen LogP contribution is -2.10. The van der Waals surface area contributed by atoms with Crippen LogP contribution in [0.15, 0.2) is 18.2 Å². The van der Waals surface area contributed by atoms with E-state index in [2.05, 4.69) is 15.5 Å². The minimum atomic E-state index is -1.07. The maximum absolute atomic E-state index is 11.2. The second-order valence-electron chi connectivity index (χ2n) is 4.07. The zero-order valence-electron chi connectivity index (χ0n) is 9.83. The molecular weight excluding hydrogens is 256 g/mol. The van der Waals surface area contributed by atoms with E-state index >= 15 is 0 Å². The number of nitrogens with zero attached hydrogens (tertiary/aromatic N) is 4. The van der Waals surface area contributed by atoms with Crippen LogP contribution in [0.4, 0.5) is 0 Å². The van der Waals surface area contributed by atoms with Crippen LogP contribution in [0, 0.1) is 0 Å². The van der Waals surface area contributed by atoms with E-state index < -0.39 is 5.97 Å². The Morgan fingerprint density at radius 1 is 1.44 bits per heavy atom. The number of benzene rings is 1. The highest BCUT2D eigenvalue weighted by Gasteiger charge is 2.18. The molecule has 0 aliphatic rings. The molecule has 1 heterocycles. The highest BCUT2D eigenvalue weighted by atomic mass is 35.5. The van der Waals surface area contributed by atoms with Gasteiger partial charge in [-0.1, -0.05) is 25.4 Å². The summed E-state index contributed by atoms with van der Waals surface area (Å²) in [5, 5.41) is 20.8. The van der Waals surface area contributed by atoms with Crippen molar-refractivity contribution in [2.75, 3.05) is 0 Å². The van der Waals surface area contributed by atoms with Crippen LogP contribution in [0.5, 0.6) is 0 Å². The van der Waals surface area contributed by atoms with E-state index in [9.17, 15) is 9.90 Å². The molecule has 6 nitrogen and oxygen atoms in total. The summed E-state index contributed by atoms with van der Waals surface area (Å²) in [6.45, 7) is 3.86. The first-order chi connectivity index (χ1) is 8.50. The molecule has 0 radical (unpaired) electrons. The Balaban J connectivity index is 2.63. The van der Waals surface area contributed by atoms with E-state index in [0.29, 0.717) is 16.5 Å². The largest absolute Gasteiger partial charge is 0.478 e. The van der Waals surface area contributed by atoms with Crippen LogP contribution < -0.4 is 0 Å². The van der Waals surface area contributed by atoms with Gasteiger partial charge in [-0.2, -0.15) is 4.68 Å². The maximum atomic E-state index is 11.2. The first-order valence-corrected chi connectivity index (χ1v) is 5.70. The van der Waals surface area contributed by atoms with Crippen LogP contribution in [0.2, 0.25) is 5.02 Å². The summed E-state index contributed by atoms with van der Waals surface area (Å²) in [5.74, 6) is -0.394. The number of hydrogen-bond acceptors (Lipinski definition) is 4. The molecule has 18 heavy (non-hydrogen) atoms. The summed E-state index contributed by atoms with van der Waals surface area (Å²) in [4.78, 5) is 11.2. The lowest BCUT2D eigenvalue weighted by molar-refractivity contribution is 0.0696. The Bertz CT molecular complexity index is 594. The summed E-state index contributed by atoms with van der Waals surface area (Å²) in [7, 11) is 0. The first-order valence-electron chi connectivity index (χ1n) is 5.32. The van der Waals surface area contributed by atoms with Gasteiger partial charge in [-0.15, -0.1) is 5.10 Å². The van der Waals surface area contributed by atoms with E-state index in [0.717, 1.165) is 0 Å². The van der Waals surface area contributed by atoms with E-state index in [1.54, 1.807) is 12.1 Å². The van der Waals surface area contributed by atoms with Crippen LogP contribution in [0.3, 0.4) is 0 Å². The van der Waals surface area contributed by atoms with Crippen LogP contribution in [-0.2, 0) is 0 Å². The van der Waals surface area contributed by atoms with Gasteiger partial charge in [0.15, 0.2) is 5.82 Å². The van der Waals surface area contributed by atoms with Gasteiger partial charge in [0.05, 0.1) is 11.3 Å². The van der Waals surface area contributed by atoms with E-state index in [-0.39, 0.29) is 11.5 Å². The molecule has 1 aromatic heterocycles. The molecule has 0 unspecified atom stereocenters. The van der Waals surface area contributed by atoms with Crippen LogP contribution in [0.25, 0.3) is 5.69 Å². The second kappa shape index (κ2) is 4.73. The molecular formula is C11H11ClN4O2.